The Bertz CT molecular complexity index is 5730. The molecule has 618 valence electrons. The number of carbonyl (C=O) groups is 2. The van der Waals surface area contributed by atoms with Crippen molar-refractivity contribution in [2.24, 2.45) is 23.7 Å². The molecular formula is C98H110F4N8O4S4. The summed E-state index contributed by atoms with van der Waals surface area (Å²) in [5.74, 6) is -3.15. The number of carbonyl (C=O) groups excluding carboxylic acids is 2. The van der Waals surface area contributed by atoms with E-state index in [2.05, 4.69) is 95.5 Å². The Hall–Kier alpha value is -8.30. The van der Waals surface area contributed by atoms with Crippen LogP contribution in [0.3, 0.4) is 0 Å². The fourth-order valence-corrected chi connectivity index (χ4v) is 23.9. The van der Waals surface area contributed by atoms with E-state index in [-0.39, 0.29) is 56.1 Å². The predicted molar refractivity (Wildman–Crippen MR) is 476 cm³/mol. The van der Waals surface area contributed by atoms with Gasteiger partial charge in [0.05, 0.1) is 30.5 Å². The highest BCUT2D eigenvalue weighted by Crippen LogP contribution is 2.63. The van der Waals surface area contributed by atoms with Crippen molar-refractivity contribution in [3.63, 3.8) is 0 Å². The molecule has 0 bridgehead atoms. The van der Waals surface area contributed by atoms with Crippen molar-refractivity contribution < 1.29 is 36.6 Å². The van der Waals surface area contributed by atoms with Crippen LogP contribution in [-0.4, -0.2) is 51.4 Å². The van der Waals surface area contributed by atoms with E-state index in [1.165, 1.54) is 147 Å². The second-order valence-corrected chi connectivity index (χ2v) is 39.7. The minimum atomic E-state index is -1.39. The fourth-order valence-electron chi connectivity index (χ4n) is 18.9. The summed E-state index contributed by atoms with van der Waals surface area (Å²) in [4.78, 5) is 75.6. The van der Waals surface area contributed by atoms with Gasteiger partial charge in [-0.15, -0.1) is 45.3 Å². The first-order valence-corrected chi connectivity index (χ1v) is 47.4. The van der Waals surface area contributed by atoms with E-state index in [1.54, 1.807) is 36.5 Å². The summed E-state index contributed by atoms with van der Waals surface area (Å²) in [6, 6.07) is 23.1. The summed E-state index contributed by atoms with van der Waals surface area (Å²) in [7, 11) is 0. The quantitative estimate of drug-likeness (QED) is 0.0204. The maximum atomic E-state index is 17.1. The first kappa shape index (κ1) is 83.4. The number of ether oxygens (including phenoxy) is 2. The minimum absolute atomic E-state index is 0.0395. The fraction of sp³-hybridized carbons (Fsp3) is 0.490. The van der Waals surface area contributed by atoms with Crippen LogP contribution < -0.4 is 9.47 Å². The number of thiophene rings is 4. The van der Waals surface area contributed by atoms with Crippen LogP contribution in [0.1, 0.15) is 315 Å². The Morgan fingerprint density at radius 3 is 1.12 bits per heavy atom. The number of hydrogen-bond acceptors (Lipinski definition) is 16. The van der Waals surface area contributed by atoms with Crippen molar-refractivity contribution in [1.29, 1.82) is 0 Å². The summed E-state index contributed by atoms with van der Waals surface area (Å²) in [6.45, 7) is 22.2. The number of fused-ring (bicyclic) bond motifs is 16. The second-order valence-electron chi connectivity index (χ2n) is 35.3. The molecule has 12 nitrogen and oxygen atoms in total. The molecule has 4 aromatic carbocycles. The van der Waals surface area contributed by atoms with E-state index < -0.39 is 35.0 Å². The predicted octanol–water partition coefficient (Wildman–Crippen LogP) is 29.9. The molecule has 10 heterocycles. The van der Waals surface area contributed by atoms with Crippen LogP contribution in [-0.2, 0) is 11.2 Å². The number of nitrogens with zero attached hydrogens (tertiary/aromatic N) is 8. The van der Waals surface area contributed by atoms with Gasteiger partial charge in [-0.1, -0.05) is 258 Å². The Kier molecular flexibility index (Phi) is 25.3. The largest absolute Gasteiger partial charge is 0.481 e. The molecule has 0 saturated carbocycles. The van der Waals surface area contributed by atoms with Crippen LogP contribution in [0.25, 0.3) is 117 Å². The van der Waals surface area contributed by atoms with Gasteiger partial charge in [-0.2, -0.15) is 17.6 Å². The summed E-state index contributed by atoms with van der Waals surface area (Å²) in [6.07, 6.45) is 35.4. The highest BCUT2D eigenvalue weighted by atomic mass is 32.1. The Balaban J connectivity index is 0.881. The smallest absolute Gasteiger partial charge is 0.269 e. The molecule has 0 spiro atoms. The van der Waals surface area contributed by atoms with Gasteiger partial charge in [0.1, 0.15) is 78.6 Å². The molecule has 16 rings (SSSR count). The van der Waals surface area contributed by atoms with Crippen molar-refractivity contribution in [3.8, 4) is 84.8 Å². The van der Waals surface area contributed by atoms with E-state index in [4.69, 9.17) is 34.4 Å². The third-order valence-electron chi connectivity index (χ3n) is 25.5. The van der Waals surface area contributed by atoms with E-state index in [9.17, 15) is 4.79 Å². The molecule has 118 heavy (non-hydrogen) atoms. The van der Waals surface area contributed by atoms with E-state index in [0.29, 0.717) is 129 Å². The Labute approximate surface area is 707 Å². The standard InChI is InChI=1S/C98H110F4N8O4S4/c1-11-13-15-17-19-21-23-25-27-33-47-97(48-34-28-26-24-22-20-18-16-14-12-2)65-51-59(9)115-89(65)91-67(113-97)53-71(117-91)74-82-81(104-78-62-42-30-32-44-64(62)88(112)86(78)106-82)72(83-84(74)110-96(102)95(101)109-83)69-52-66-90(116-69)92-68(114-98(66,49-45-57(7)39-35-37-55(3)4)50-46-58(8)40-36-38-56(5)6)54-70(118-92)73-79-75(60(10)76-80(73)108-94(100)93(99)107-76)103-77-61-41-29-31-43-63(61)87(111)85(77)105-79/h29-32,41-44,51-58H,11-28,33-40,45-50H2,1-10H3. The van der Waals surface area contributed by atoms with Crippen LogP contribution in [0.5, 0.6) is 11.5 Å². The normalized spacial score (nSPS) is 15.5. The van der Waals surface area contributed by atoms with Gasteiger partial charge in [0.15, 0.2) is 0 Å². The molecule has 8 aromatic heterocycles. The lowest BCUT2D eigenvalue weighted by Gasteiger charge is -2.39. The zero-order chi connectivity index (χ0) is 82.3. The molecule has 20 heteroatoms. The van der Waals surface area contributed by atoms with Crippen molar-refractivity contribution in [2.45, 2.75) is 286 Å². The summed E-state index contributed by atoms with van der Waals surface area (Å²) in [5, 5.41) is 0. The van der Waals surface area contributed by atoms with Gasteiger partial charge in [-0.25, -0.2) is 39.9 Å². The van der Waals surface area contributed by atoms with Gasteiger partial charge >= 0.3 is 0 Å². The molecule has 2 atom stereocenters. The molecule has 0 amide bonds. The zero-order valence-corrected chi connectivity index (χ0v) is 73.5. The molecule has 0 saturated heterocycles. The first-order chi connectivity index (χ1) is 57.2. The van der Waals surface area contributed by atoms with Gasteiger partial charge in [-0.05, 0) is 113 Å². The van der Waals surface area contributed by atoms with Crippen molar-refractivity contribution >= 4 is 101 Å². The van der Waals surface area contributed by atoms with Gasteiger partial charge in [-0.3, -0.25) is 9.59 Å². The molecule has 0 fully saturated rings. The zero-order valence-electron chi connectivity index (χ0n) is 70.2. The maximum absolute atomic E-state index is 17.1. The van der Waals surface area contributed by atoms with E-state index >= 15 is 22.4 Å². The molecule has 2 unspecified atom stereocenters. The van der Waals surface area contributed by atoms with Crippen LogP contribution in [0.15, 0.2) is 72.8 Å². The van der Waals surface area contributed by atoms with Crippen molar-refractivity contribution in [1.82, 2.24) is 39.9 Å². The molecule has 0 N–H and O–H groups in total. The van der Waals surface area contributed by atoms with Crippen LogP contribution in [0, 0.1) is 61.3 Å². The summed E-state index contributed by atoms with van der Waals surface area (Å²) < 4.78 is 81.7. The van der Waals surface area contributed by atoms with Gasteiger partial charge in [0.25, 0.3) is 23.8 Å². The minimum Gasteiger partial charge on any atom is -0.481 e. The lowest BCUT2D eigenvalue weighted by Crippen LogP contribution is -2.36. The first-order valence-electron chi connectivity index (χ1n) is 44.1. The average molecular weight is 1670 g/mol. The Morgan fingerprint density at radius 1 is 0.347 bits per heavy atom. The summed E-state index contributed by atoms with van der Waals surface area (Å²) in [5.41, 5.74) is 6.55. The van der Waals surface area contributed by atoms with E-state index in [0.717, 1.165) is 116 Å². The second kappa shape index (κ2) is 35.8. The topological polar surface area (TPSA) is 156 Å². The van der Waals surface area contributed by atoms with Gasteiger partial charge < -0.3 is 9.47 Å². The number of aryl methyl sites for hydroxylation is 2. The lowest BCUT2D eigenvalue weighted by molar-refractivity contribution is 0.0324. The third-order valence-corrected chi connectivity index (χ3v) is 30.3. The average Bonchev–Trinajstić information content (AvgIpc) is 1.51. The highest BCUT2D eigenvalue weighted by Gasteiger charge is 2.47. The monoisotopic (exact) mass is 1670 g/mol. The molecule has 0 radical (unpaired) electrons. The van der Waals surface area contributed by atoms with E-state index in [1.807, 2.05) is 36.4 Å². The number of unbranched alkanes of at least 4 members (excludes halogenated alkanes) is 18. The maximum Gasteiger partial charge on any atom is 0.269 e. The van der Waals surface area contributed by atoms with Crippen LogP contribution >= 0.6 is 45.3 Å². The SMILES string of the molecule is CCCCCCCCCCCCC1(CCCCCCCCCCCC)Oc2cc(-c3c4nc(F)c(F)nc4c(-c4cc5c(s4)-c4sc(-c6c7nc(F)c(F)nc7c(C)c7nc8c(nc67)C(=O)c6ccccc6-8)cc4OC5(CCC(C)CCCC(C)C)CCC(C)CCCC(C)C)c4nc5c(nc34)C(=O)c3ccccc3-5)sc2-c2sc(C)cc21. The Morgan fingerprint density at radius 2 is 0.678 bits per heavy atom. The number of aromatic nitrogens is 8. The number of rotatable bonds is 39. The number of halogens is 4. The van der Waals surface area contributed by atoms with Crippen molar-refractivity contribution in [3.05, 3.63) is 141 Å². The van der Waals surface area contributed by atoms with Crippen molar-refractivity contribution in [2.75, 3.05) is 0 Å². The number of ketones is 2. The number of benzene rings is 4. The van der Waals surface area contributed by atoms with Crippen LogP contribution in [0.4, 0.5) is 17.6 Å². The third kappa shape index (κ3) is 16.4. The molecule has 12 aromatic rings. The lowest BCUT2D eigenvalue weighted by atomic mass is 9.78. The molecular weight excluding hydrogens is 1560 g/mol. The van der Waals surface area contributed by atoms with Crippen LogP contribution in [0.2, 0.25) is 0 Å². The number of hydrogen-bond donors (Lipinski definition) is 0. The molecule has 2 aliphatic heterocycles. The molecule has 2 aliphatic carbocycles. The molecule has 4 aliphatic rings. The van der Waals surface area contributed by atoms with Gasteiger partial charge in [0.2, 0.25) is 11.6 Å². The van der Waals surface area contributed by atoms with Gasteiger partial charge in [0, 0.05) is 75.1 Å². The summed E-state index contributed by atoms with van der Waals surface area (Å²) >= 11 is 6.11. The highest BCUT2D eigenvalue weighted by molar-refractivity contribution is 7.26.